The monoisotopic (exact) mass is 312 g/mol. The van der Waals surface area contributed by atoms with Crippen LogP contribution in [0.5, 0.6) is 5.75 Å². The fourth-order valence-electron chi connectivity index (χ4n) is 1.64. The Balaban J connectivity index is 2.64. The van der Waals surface area contributed by atoms with E-state index in [1.54, 1.807) is 47.1 Å². The molecule has 1 rings (SSSR count). The molecule has 0 saturated carbocycles. The van der Waals surface area contributed by atoms with Crippen LogP contribution in [0.4, 0.5) is 4.79 Å². The predicted molar refractivity (Wildman–Crippen MR) is 82.6 cm³/mol. The second kappa shape index (κ2) is 7.06. The summed E-state index contributed by atoms with van der Waals surface area (Å²) in [4.78, 5) is 11.6. The largest absolute Gasteiger partial charge is 0.514 e. The highest BCUT2D eigenvalue weighted by Gasteiger charge is 2.29. The van der Waals surface area contributed by atoms with Crippen LogP contribution in [0.1, 0.15) is 26.3 Å². The van der Waals surface area contributed by atoms with Crippen molar-refractivity contribution in [1.82, 2.24) is 0 Å². The van der Waals surface area contributed by atoms with E-state index in [2.05, 4.69) is 0 Å². The Kier molecular flexibility index (Phi) is 5.95. The first-order chi connectivity index (χ1) is 9.67. The van der Waals surface area contributed by atoms with E-state index in [9.17, 15) is 4.79 Å². The van der Waals surface area contributed by atoms with Gasteiger partial charge in [0.1, 0.15) is 11.4 Å². The van der Waals surface area contributed by atoms with Gasteiger partial charge in [0.25, 0.3) is 0 Å². The minimum Gasteiger partial charge on any atom is -0.428 e. The third-order valence-electron chi connectivity index (χ3n) is 2.90. The third-order valence-corrected chi connectivity index (χ3v) is 5.68. The lowest BCUT2D eigenvalue weighted by molar-refractivity contribution is 0.0206. The Morgan fingerprint density at radius 1 is 1.10 bits per heavy atom. The van der Waals surface area contributed by atoms with Crippen molar-refractivity contribution in [3.63, 3.8) is 0 Å². The molecule has 0 atom stereocenters. The molecule has 0 saturated heterocycles. The number of carbonyl (C=O) groups is 1. The molecule has 21 heavy (non-hydrogen) atoms. The lowest BCUT2D eigenvalue weighted by Gasteiger charge is -2.22. The molecule has 0 aliphatic carbocycles. The van der Waals surface area contributed by atoms with Crippen molar-refractivity contribution < 1.29 is 23.1 Å². The molecule has 1 aromatic carbocycles. The molecule has 6 heteroatoms. The van der Waals surface area contributed by atoms with E-state index in [0.29, 0.717) is 5.75 Å². The van der Waals surface area contributed by atoms with Crippen LogP contribution in [0.15, 0.2) is 24.3 Å². The Labute approximate surface area is 127 Å². The second-order valence-electron chi connectivity index (χ2n) is 5.93. The first-order valence-corrected chi connectivity index (χ1v) is 9.30. The molecule has 0 radical (unpaired) electrons. The van der Waals surface area contributed by atoms with Crippen LogP contribution in [-0.2, 0) is 19.6 Å². The van der Waals surface area contributed by atoms with Crippen LogP contribution in [0, 0.1) is 0 Å². The second-order valence-corrected chi connectivity index (χ2v) is 9.37. The van der Waals surface area contributed by atoms with Crippen LogP contribution >= 0.6 is 0 Å². The molecule has 0 N–H and O–H groups in total. The normalized spacial score (nSPS) is 12.1. The molecule has 0 heterocycles. The molecule has 0 aliphatic heterocycles. The maximum atomic E-state index is 11.6. The van der Waals surface area contributed by atoms with Gasteiger partial charge in [-0.2, -0.15) is 0 Å². The summed E-state index contributed by atoms with van der Waals surface area (Å²) in [5.41, 5.74) is 0.505. The first-order valence-electron chi connectivity index (χ1n) is 6.77. The minimum atomic E-state index is -2.15. The summed E-state index contributed by atoms with van der Waals surface area (Å²) in [6.07, 6.45) is -0.705. The van der Waals surface area contributed by atoms with Crippen molar-refractivity contribution in [2.75, 3.05) is 14.2 Å². The average molecular weight is 312 g/mol. The van der Waals surface area contributed by atoms with Crippen molar-refractivity contribution in [2.45, 2.75) is 39.0 Å². The lowest BCUT2D eigenvalue weighted by atomic mass is 10.2. The summed E-state index contributed by atoms with van der Waals surface area (Å²) in [7, 11) is 1.17. The molecule has 0 unspecified atom stereocenters. The van der Waals surface area contributed by atoms with Gasteiger partial charge in [-0.05, 0) is 45.0 Å². The van der Waals surface area contributed by atoms with E-state index >= 15 is 0 Å². The Morgan fingerprint density at radius 3 is 2.05 bits per heavy atom. The third kappa shape index (κ3) is 6.28. The number of rotatable bonds is 5. The summed E-state index contributed by atoms with van der Waals surface area (Å²) < 4.78 is 21.1. The van der Waals surface area contributed by atoms with Gasteiger partial charge < -0.3 is 18.3 Å². The Hall–Kier alpha value is -1.37. The highest BCUT2D eigenvalue weighted by Crippen LogP contribution is 2.18. The molecule has 0 amide bonds. The van der Waals surface area contributed by atoms with Crippen LogP contribution in [0.25, 0.3) is 0 Å². The van der Waals surface area contributed by atoms with Crippen LogP contribution in [0.2, 0.25) is 6.55 Å². The van der Waals surface area contributed by atoms with Gasteiger partial charge in [0, 0.05) is 20.3 Å². The number of hydrogen-bond acceptors (Lipinski definition) is 5. The number of benzene rings is 1. The molecular formula is C15H24O5Si. The zero-order valence-corrected chi connectivity index (χ0v) is 14.6. The smallest absolute Gasteiger partial charge is 0.428 e. The van der Waals surface area contributed by atoms with E-state index in [1.807, 2.05) is 18.7 Å². The van der Waals surface area contributed by atoms with E-state index in [4.69, 9.17) is 18.3 Å². The molecule has 0 aliphatic rings. The van der Waals surface area contributed by atoms with E-state index < -0.39 is 20.3 Å². The molecule has 1 aromatic rings. The van der Waals surface area contributed by atoms with Gasteiger partial charge >= 0.3 is 14.7 Å². The summed E-state index contributed by atoms with van der Waals surface area (Å²) in [5.74, 6) is 0.450. The molecular weight excluding hydrogens is 288 g/mol. The minimum absolute atomic E-state index is 0.450. The fourth-order valence-corrected chi connectivity index (χ4v) is 3.07. The summed E-state index contributed by atoms with van der Waals surface area (Å²) in [6.45, 7) is 7.37. The first kappa shape index (κ1) is 17.7. The molecule has 118 valence electrons. The highest BCUT2D eigenvalue weighted by molar-refractivity contribution is 6.65. The standard InChI is InChI=1S/C15H24O5Si/c1-15(2,3)20-14(16)19-13-9-7-12(8-10-13)11-21(6,17-4)18-5/h7-10H,11H2,1-6H3. The molecule has 0 aromatic heterocycles. The zero-order valence-electron chi connectivity index (χ0n) is 13.6. The van der Waals surface area contributed by atoms with E-state index in [-0.39, 0.29) is 0 Å². The SMILES string of the molecule is CO[Si](C)(Cc1ccc(OC(=O)OC(C)(C)C)cc1)OC. The molecule has 5 nitrogen and oxygen atoms in total. The van der Waals surface area contributed by atoms with Crippen LogP contribution < -0.4 is 4.74 Å². The summed E-state index contributed by atoms with van der Waals surface area (Å²) >= 11 is 0. The van der Waals surface area contributed by atoms with Gasteiger partial charge in [0.2, 0.25) is 0 Å². The van der Waals surface area contributed by atoms with Gasteiger partial charge in [-0.15, -0.1) is 0 Å². The number of ether oxygens (including phenoxy) is 2. The quantitative estimate of drug-likeness (QED) is 0.473. The maximum Gasteiger partial charge on any atom is 0.514 e. The predicted octanol–water partition coefficient (Wildman–Crippen LogP) is 3.45. The van der Waals surface area contributed by atoms with Gasteiger partial charge in [-0.3, -0.25) is 0 Å². The Morgan fingerprint density at radius 2 is 1.62 bits per heavy atom. The summed E-state index contributed by atoms with van der Waals surface area (Å²) in [5, 5.41) is 0. The maximum absolute atomic E-state index is 11.6. The van der Waals surface area contributed by atoms with Gasteiger partial charge in [0.15, 0.2) is 0 Å². The van der Waals surface area contributed by atoms with Gasteiger partial charge in [0.05, 0.1) is 0 Å². The highest BCUT2D eigenvalue weighted by atomic mass is 28.4. The fraction of sp³-hybridized carbons (Fsp3) is 0.533. The average Bonchev–Trinajstić information content (AvgIpc) is 2.39. The van der Waals surface area contributed by atoms with Crippen molar-refractivity contribution in [3.8, 4) is 5.75 Å². The van der Waals surface area contributed by atoms with Crippen molar-refractivity contribution in [2.24, 2.45) is 0 Å². The van der Waals surface area contributed by atoms with Gasteiger partial charge in [-0.1, -0.05) is 12.1 Å². The van der Waals surface area contributed by atoms with E-state index in [1.165, 1.54) is 0 Å². The van der Waals surface area contributed by atoms with Crippen molar-refractivity contribution in [1.29, 1.82) is 0 Å². The topological polar surface area (TPSA) is 54.0 Å². The van der Waals surface area contributed by atoms with Crippen LogP contribution in [0.3, 0.4) is 0 Å². The molecule has 0 spiro atoms. The summed E-state index contributed by atoms with van der Waals surface area (Å²) in [6, 6.07) is 7.98. The van der Waals surface area contributed by atoms with Gasteiger partial charge in [-0.25, -0.2) is 4.79 Å². The Bertz CT molecular complexity index is 460. The van der Waals surface area contributed by atoms with Crippen molar-refractivity contribution in [3.05, 3.63) is 29.8 Å². The van der Waals surface area contributed by atoms with Crippen molar-refractivity contribution >= 4 is 14.7 Å². The zero-order chi connectivity index (χ0) is 16.1. The number of carbonyl (C=O) groups excluding carboxylic acids is 1. The molecule has 0 fully saturated rings. The molecule has 0 bridgehead atoms. The number of hydrogen-bond donors (Lipinski definition) is 0. The van der Waals surface area contributed by atoms with E-state index in [0.717, 1.165) is 11.6 Å². The lowest BCUT2D eigenvalue weighted by Crippen LogP contribution is -2.39. The van der Waals surface area contributed by atoms with Crippen LogP contribution in [-0.4, -0.2) is 34.5 Å².